The van der Waals surface area contributed by atoms with E-state index in [4.69, 9.17) is 4.74 Å². The first-order valence-corrected chi connectivity index (χ1v) is 11.6. The van der Waals surface area contributed by atoms with Crippen LogP contribution in [0.1, 0.15) is 26.7 Å². The van der Waals surface area contributed by atoms with Crippen molar-refractivity contribution in [1.82, 2.24) is 0 Å². The second kappa shape index (κ2) is 3.77. The Balaban J connectivity index is 1.72. The van der Waals surface area contributed by atoms with Crippen molar-refractivity contribution in [3.63, 3.8) is 0 Å². The molecular weight excluding hydrogens is 244 g/mol. The molecule has 4 fully saturated rings. The monoisotopic (exact) mass is 270 g/mol. The molecule has 3 aliphatic carbocycles. The van der Waals surface area contributed by atoms with Crippen molar-refractivity contribution < 1.29 is 4.74 Å². The van der Waals surface area contributed by atoms with Crippen molar-refractivity contribution in [3.05, 3.63) is 0 Å². The summed E-state index contributed by atoms with van der Waals surface area (Å²) in [4.78, 5) is 0. The van der Waals surface area contributed by atoms with Gasteiger partial charge in [-0.25, -0.2) is 0 Å². The molecule has 3 saturated carbocycles. The van der Waals surface area contributed by atoms with E-state index in [1.165, 1.54) is 12.8 Å². The molecule has 1 heterocycles. The van der Waals surface area contributed by atoms with Gasteiger partial charge in [-0.3, -0.25) is 0 Å². The predicted molar refractivity (Wildman–Crippen MR) is 78.0 cm³/mol. The lowest BCUT2D eigenvalue weighted by atomic mass is 9.45. The van der Waals surface area contributed by atoms with Gasteiger partial charge in [-0.05, 0) is 36.0 Å². The quantitative estimate of drug-likeness (QED) is 0.666. The van der Waals surface area contributed by atoms with E-state index in [0.29, 0.717) is 10.5 Å². The van der Waals surface area contributed by atoms with E-state index in [9.17, 15) is 0 Å². The summed E-state index contributed by atoms with van der Waals surface area (Å²) in [5, 5.41) is 1.46. The normalized spacial score (nSPS) is 48.2. The zero-order chi connectivity index (χ0) is 12.4. The van der Waals surface area contributed by atoms with E-state index >= 15 is 0 Å². The van der Waals surface area contributed by atoms with Crippen LogP contribution in [0.3, 0.4) is 0 Å². The molecule has 0 radical (unpaired) electrons. The molecule has 2 bridgehead atoms. The van der Waals surface area contributed by atoms with Crippen molar-refractivity contribution in [2.45, 2.75) is 56.6 Å². The fourth-order valence-corrected chi connectivity index (χ4v) is 8.17. The van der Waals surface area contributed by atoms with Crippen LogP contribution in [0.4, 0.5) is 0 Å². The van der Waals surface area contributed by atoms with E-state index in [1.54, 1.807) is 0 Å². The molecule has 0 aromatic heterocycles. The molecular formula is C14H26OSSi. The van der Waals surface area contributed by atoms with Crippen molar-refractivity contribution >= 4 is 19.8 Å². The van der Waals surface area contributed by atoms with Gasteiger partial charge in [0.2, 0.25) is 0 Å². The van der Waals surface area contributed by atoms with E-state index in [2.05, 4.69) is 45.3 Å². The summed E-state index contributed by atoms with van der Waals surface area (Å²) in [7, 11) is -1.13. The van der Waals surface area contributed by atoms with Gasteiger partial charge in [-0.15, -0.1) is 11.8 Å². The van der Waals surface area contributed by atoms with Crippen LogP contribution in [0.2, 0.25) is 19.6 Å². The summed E-state index contributed by atoms with van der Waals surface area (Å²) in [6, 6.07) is 0. The third kappa shape index (κ3) is 1.84. The molecule has 1 aliphatic heterocycles. The first-order valence-electron chi connectivity index (χ1n) is 7.07. The van der Waals surface area contributed by atoms with Crippen LogP contribution in [0.25, 0.3) is 0 Å². The minimum absolute atomic E-state index is 0.546. The van der Waals surface area contributed by atoms with Gasteiger partial charge in [0.05, 0.1) is 19.7 Å². The Morgan fingerprint density at radius 1 is 1.18 bits per heavy atom. The van der Waals surface area contributed by atoms with Crippen molar-refractivity contribution in [3.8, 4) is 0 Å². The number of rotatable bonds is 1. The molecule has 1 saturated heterocycles. The lowest BCUT2D eigenvalue weighted by Crippen LogP contribution is -2.60. The van der Waals surface area contributed by atoms with E-state index in [-0.39, 0.29) is 0 Å². The predicted octanol–water partition coefficient (Wildman–Crippen LogP) is 4.00. The molecule has 0 amide bonds. The third-order valence-corrected chi connectivity index (χ3v) is 10.9. The smallest absolute Gasteiger partial charge is 0.0914 e. The van der Waals surface area contributed by atoms with Crippen LogP contribution in [0.15, 0.2) is 0 Å². The van der Waals surface area contributed by atoms with Gasteiger partial charge in [-0.2, -0.15) is 0 Å². The van der Waals surface area contributed by atoms with Crippen LogP contribution in [-0.4, -0.2) is 25.0 Å². The van der Waals surface area contributed by atoms with Crippen LogP contribution < -0.4 is 0 Å². The SMILES string of the molecule is CC1(C)[C@H]2C[C@@H]3S[C@H]([Si](C)(C)C)OC[C@H]3[C@@H]1C2. The summed E-state index contributed by atoms with van der Waals surface area (Å²) in [5.74, 6) is 2.80. The second-order valence-corrected chi connectivity index (χ2v) is 14.9. The Morgan fingerprint density at radius 3 is 2.47 bits per heavy atom. The summed E-state index contributed by atoms with van der Waals surface area (Å²) in [6.45, 7) is 13.3. The van der Waals surface area contributed by atoms with Crippen LogP contribution in [0, 0.1) is 23.2 Å². The van der Waals surface area contributed by atoms with Gasteiger partial charge in [0.1, 0.15) is 0 Å². The molecule has 1 nitrogen and oxygen atoms in total. The summed E-state index contributed by atoms with van der Waals surface area (Å²) >= 11 is 2.20. The highest BCUT2D eigenvalue weighted by Crippen LogP contribution is 2.64. The fourth-order valence-electron chi connectivity index (χ4n) is 4.13. The minimum Gasteiger partial charge on any atom is -0.371 e. The zero-order valence-electron chi connectivity index (χ0n) is 11.8. The molecule has 0 N–H and O–H groups in total. The van der Waals surface area contributed by atoms with E-state index < -0.39 is 8.07 Å². The maximum Gasteiger partial charge on any atom is 0.0914 e. The molecule has 0 aromatic carbocycles. The molecule has 3 heteroatoms. The molecule has 98 valence electrons. The first kappa shape index (κ1) is 12.6. The highest BCUT2D eigenvalue weighted by Gasteiger charge is 2.59. The zero-order valence-corrected chi connectivity index (χ0v) is 13.6. The Labute approximate surface area is 111 Å². The van der Waals surface area contributed by atoms with Crippen LogP contribution in [-0.2, 0) is 4.74 Å². The maximum absolute atomic E-state index is 6.22. The number of ether oxygens (including phenoxy) is 1. The average molecular weight is 271 g/mol. The molecule has 0 aromatic rings. The van der Waals surface area contributed by atoms with Crippen molar-refractivity contribution in [2.24, 2.45) is 23.2 Å². The van der Waals surface area contributed by atoms with Gasteiger partial charge in [0.25, 0.3) is 0 Å². The largest absolute Gasteiger partial charge is 0.371 e. The standard InChI is InChI=1S/C14H26OSSi/c1-14(2)9-6-11(14)10-8-15-13(17(3,4)5)16-12(10)7-9/h9-13H,6-8H2,1-5H3/t9-,10+,11+,12+,13-/m1/s1. The van der Waals surface area contributed by atoms with E-state index in [1.807, 2.05) is 0 Å². The van der Waals surface area contributed by atoms with Gasteiger partial charge in [-0.1, -0.05) is 33.5 Å². The Hall–Kier alpha value is 0.527. The van der Waals surface area contributed by atoms with Crippen molar-refractivity contribution in [2.75, 3.05) is 6.61 Å². The molecule has 4 rings (SSSR count). The van der Waals surface area contributed by atoms with Crippen LogP contribution in [0.5, 0.6) is 0 Å². The summed E-state index contributed by atoms with van der Waals surface area (Å²) in [6.07, 6.45) is 2.94. The van der Waals surface area contributed by atoms with Gasteiger partial charge >= 0.3 is 0 Å². The molecule has 5 atom stereocenters. The molecule has 17 heavy (non-hydrogen) atoms. The maximum atomic E-state index is 6.22. The van der Waals surface area contributed by atoms with Crippen LogP contribution >= 0.6 is 11.8 Å². The number of hydrogen-bond donors (Lipinski definition) is 0. The lowest BCUT2D eigenvalue weighted by molar-refractivity contribution is -0.124. The Morgan fingerprint density at radius 2 is 1.88 bits per heavy atom. The van der Waals surface area contributed by atoms with Gasteiger partial charge < -0.3 is 4.74 Å². The topological polar surface area (TPSA) is 9.23 Å². The fraction of sp³-hybridized carbons (Fsp3) is 1.00. The van der Waals surface area contributed by atoms with Gasteiger partial charge in [0, 0.05) is 5.25 Å². The summed E-state index contributed by atoms with van der Waals surface area (Å²) in [5.41, 5.74) is 0.608. The number of thioether (sulfide) groups is 1. The third-order valence-electron chi connectivity index (χ3n) is 5.50. The number of hydrogen-bond acceptors (Lipinski definition) is 2. The van der Waals surface area contributed by atoms with Crippen molar-refractivity contribution in [1.29, 1.82) is 0 Å². The van der Waals surface area contributed by atoms with Gasteiger partial charge in [0.15, 0.2) is 0 Å². The van der Waals surface area contributed by atoms with E-state index in [0.717, 1.165) is 29.6 Å². The minimum atomic E-state index is -1.13. The highest BCUT2D eigenvalue weighted by atomic mass is 32.2. The second-order valence-electron chi connectivity index (χ2n) is 7.97. The Bertz CT molecular complexity index is 323. The molecule has 0 unspecified atom stereocenters. The Kier molecular flexibility index (Phi) is 2.78. The summed E-state index contributed by atoms with van der Waals surface area (Å²) < 4.78 is 6.22. The average Bonchev–Trinajstić information content (AvgIpc) is 2.26. The highest BCUT2D eigenvalue weighted by molar-refractivity contribution is 8.02. The first-order chi connectivity index (χ1) is 7.80. The molecule has 0 spiro atoms. The lowest BCUT2D eigenvalue weighted by Gasteiger charge is -2.64. The molecule has 4 aliphatic rings.